The van der Waals surface area contributed by atoms with Crippen molar-refractivity contribution in [3.63, 3.8) is 0 Å². The number of anilines is 1. The Kier molecular flexibility index (Phi) is 5.01. The third-order valence-corrected chi connectivity index (χ3v) is 3.33. The predicted octanol–water partition coefficient (Wildman–Crippen LogP) is 4.07. The van der Waals surface area contributed by atoms with E-state index in [9.17, 15) is 4.79 Å². The van der Waals surface area contributed by atoms with E-state index in [1.165, 1.54) is 6.08 Å². The van der Waals surface area contributed by atoms with Crippen LogP contribution in [0.4, 0.5) is 5.69 Å². The molecule has 0 spiro atoms. The number of hydrogen-bond donors (Lipinski definition) is 0. The summed E-state index contributed by atoms with van der Waals surface area (Å²) in [5.74, 6) is 0.589. The summed E-state index contributed by atoms with van der Waals surface area (Å²) in [6.07, 6.45) is 1.31. The molecule has 0 aromatic heterocycles. The molecule has 0 heterocycles. The van der Waals surface area contributed by atoms with Crippen LogP contribution in [0.1, 0.15) is 5.56 Å². The van der Waals surface area contributed by atoms with Gasteiger partial charge in [-0.1, -0.05) is 30.3 Å². The highest BCUT2D eigenvalue weighted by Gasteiger charge is 2.13. The van der Waals surface area contributed by atoms with Crippen molar-refractivity contribution >= 4 is 23.2 Å². The molecule has 3 nitrogen and oxygen atoms in total. The van der Waals surface area contributed by atoms with Gasteiger partial charge in [-0.2, -0.15) is 0 Å². The Morgan fingerprint density at radius 3 is 2.33 bits per heavy atom. The molecule has 1 amide bonds. The lowest BCUT2D eigenvalue weighted by molar-refractivity contribution is -0.114. The number of nitrogens with zero attached hydrogens (tertiary/aromatic N) is 1. The van der Waals surface area contributed by atoms with Crippen molar-refractivity contribution in [2.75, 3.05) is 12.0 Å². The number of carbonyl (C=O) groups excluding carboxylic acids is 1. The van der Waals surface area contributed by atoms with Crippen LogP contribution < -0.4 is 9.64 Å². The third-order valence-electron chi connectivity index (χ3n) is 3.08. The van der Waals surface area contributed by atoms with E-state index in [2.05, 4.69) is 6.58 Å². The molecule has 0 N–H and O–H groups in total. The van der Waals surface area contributed by atoms with Gasteiger partial charge in [0.05, 0.1) is 13.7 Å². The summed E-state index contributed by atoms with van der Waals surface area (Å²) >= 11 is 5.88. The summed E-state index contributed by atoms with van der Waals surface area (Å²) in [6, 6.07) is 14.7. The summed E-state index contributed by atoms with van der Waals surface area (Å²) in [7, 11) is 1.61. The molecule has 0 fully saturated rings. The SMILES string of the molecule is C=CC(=O)N(Cc1ccc(Cl)cc1)c1ccc(OC)cc1. The van der Waals surface area contributed by atoms with E-state index in [1.54, 1.807) is 12.0 Å². The topological polar surface area (TPSA) is 29.5 Å². The molecule has 0 unspecified atom stereocenters. The van der Waals surface area contributed by atoms with Gasteiger partial charge in [0.15, 0.2) is 0 Å². The van der Waals surface area contributed by atoms with E-state index in [-0.39, 0.29) is 5.91 Å². The predicted molar refractivity (Wildman–Crippen MR) is 85.8 cm³/mol. The largest absolute Gasteiger partial charge is 0.497 e. The molecule has 0 aliphatic carbocycles. The highest BCUT2D eigenvalue weighted by Crippen LogP contribution is 2.22. The van der Waals surface area contributed by atoms with Crippen LogP contribution in [0.15, 0.2) is 61.2 Å². The van der Waals surface area contributed by atoms with Crippen molar-refractivity contribution in [2.45, 2.75) is 6.54 Å². The Labute approximate surface area is 129 Å². The Bertz CT molecular complexity index is 620. The first kappa shape index (κ1) is 15.1. The summed E-state index contributed by atoms with van der Waals surface area (Å²) in [5.41, 5.74) is 1.78. The van der Waals surface area contributed by atoms with Crippen LogP contribution in [0.2, 0.25) is 5.02 Å². The van der Waals surface area contributed by atoms with Crippen molar-refractivity contribution in [1.29, 1.82) is 0 Å². The molecule has 0 aliphatic rings. The first-order chi connectivity index (χ1) is 10.1. The van der Waals surface area contributed by atoms with Gasteiger partial charge in [0.1, 0.15) is 5.75 Å². The minimum Gasteiger partial charge on any atom is -0.497 e. The van der Waals surface area contributed by atoms with Gasteiger partial charge < -0.3 is 9.64 Å². The molecule has 0 atom stereocenters. The summed E-state index contributed by atoms with van der Waals surface area (Å²) in [4.78, 5) is 13.7. The summed E-state index contributed by atoms with van der Waals surface area (Å²) in [6.45, 7) is 4.01. The number of carbonyl (C=O) groups is 1. The molecule has 2 rings (SSSR count). The lowest BCUT2D eigenvalue weighted by atomic mass is 10.2. The number of rotatable bonds is 5. The Morgan fingerprint density at radius 1 is 1.19 bits per heavy atom. The number of ether oxygens (including phenoxy) is 1. The highest BCUT2D eigenvalue weighted by atomic mass is 35.5. The molecule has 21 heavy (non-hydrogen) atoms. The Morgan fingerprint density at radius 2 is 1.81 bits per heavy atom. The Hall–Kier alpha value is -2.26. The lowest BCUT2D eigenvalue weighted by Crippen LogP contribution is -2.28. The van der Waals surface area contributed by atoms with Crippen molar-refractivity contribution in [3.8, 4) is 5.75 Å². The fourth-order valence-electron chi connectivity index (χ4n) is 1.94. The van der Waals surface area contributed by atoms with Crippen LogP contribution >= 0.6 is 11.6 Å². The van der Waals surface area contributed by atoms with Gasteiger partial charge in [0, 0.05) is 10.7 Å². The molecule has 0 bridgehead atoms. The van der Waals surface area contributed by atoms with Crippen LogP contribution in [0.25, 0.3) is 0 Å². The van der Waals surface area contributed by atoms with E-state index in [0.29, 0.717) is 11.6 Å². The molecule has 0 saturated carbocycles. The van der Waals surface area contributed by atoms with Crippen LogP contribution in [0, 0.1) is 0 Å². The standard InChI is InChI=1S/C17H16ClNO2/c1-3-17(20)19(12-13-4-6-14(18)7-5-13)15-8-10-16(21-2)11-9-15/h3-11H,1,12H2,2H3. The van der Waals surface area contributed by atoms with Crippen LogP contribution in [0.5, 0.6) is 5.75 Å². The van der Waals surface area contributed by atoms with Gasteiger partial charge >= 0.3 is 0 Å². The minimum atomic E-state index is -0.157. The second-order valence-electron chi connectivity index (χ2n) is 4.45. The van der Waals surface area contributed by atoms with E-state index in [1.807, 2.05) is 48.5 Å². The van der Waals surface area contributed by atoms with E-state index in [0.717, 1.165) is 17.0 Å². The van der Waals surface area contributed by atoms with E-state index in [4.69, 9.17) is 16.3 Å². The second-order valence-corrected chi connectivity index (χ2v) is 4.89. The molecule has 2 aromatic carbocycles. The van der Waals surface area contributed by atoms with Crippen LogP contribution in [-0.4, -0.2) is 13.0 Å². The molecule has 0 saturated heterocycles. The smallest absolute Gasteiger partial charge is 0.250 e. The maximum atomic E-state index is 12.1. The number of halogens is 1. The van der Waals surface area contributed by atoms with E-state index >= 15 is 0 Å². The zero-order chi connectivity index (χ0) is 15.2. The monoisotopic (exact) mass is 301 g/mol. The quantitative estimate of drug-likeness (QED) is 0.779. The number of methoxy groups -OCH3 is 1. The van der Waals surface area contributed by atoms with Gasteiger partial charge in [0.25, 0.3) is 5.91 Å². The van der Waals surface area contributed by atoms with Crippen LogP contribution in [0.3, 0.4) is 0 Å². The normalized spacial score (nSPS) is 10.0. The second kappa shape index (κ2) is 6.95. The van der Waals surface area contributed by atoms with Crippen molar-refractivity contribution < 1.29 is 9.53 Å². The summed E-state index contributed by atoms with van der Waals surface area (Å²) in [5, 5.41) is 0.671. The minimum absolute atomic E-state index is 0.157. The molecule has 0 radical (unpaired) electrons. The zero-order valence-electron chi connectivity index (χ0n) is 11.8. The van der Waals surface area contributed by atoms with Crippen molar-refractivity contribution in [1.82, 2.24) is 0 Å². The van der Waals surface area contributed by atoms with Gasteiger partial charge in [-0.05, 0) is 48.0 Å². The average molecular weight is 302 g/mol. The van der Waals surface area contributed by atoms with Crippen molar-refractivity contribution in [2.24, 2.45) is 0 Å². The number of benzene rings is 2. The average Bonchev–Trinajstić information content (AvgIpc) is 2.54. The maximum Gasteiger partial charge on any atom is 0.250 e. The molecular formula is C17H16ClNO2. The third kappa shape index (κ3) is 3.86. The van der Waals surface area contributed by atoms with Crippen molar-refractivity contribution in [3.05, 3.63) is 71.8 Å². The lowest BCUT2D eigenvalue weighted by Gasteiger charge is -2.21. The molecule has 0 aliphatic heterocycles. The molecule has 108 valence electrons. The van der Waals surface area contributed by atoms with E-state index < -0.39 is 0 Å². The highest BCUT2D eigenvalue weighted by molar-refractivity contribution is 6.30. The first-order valence-corrected chi connectivity index (χ1v) is 6.84. The molecule has 4 heteroatoms. The fraction of sp³-hybridized carbons (Fsp3) is 0.118. The van der Waals surface area contributed by atoms with Gasteiger partial charge in [-0.3, -0.25) is 4.79 Å². The Balaban J connectivity index is 2.27. The molecule has 2 aromatic rings. The fourth-order valence-corrected chi connectivity index (χ4v) is 2.07. The number of hydrogen-bond acceptors (Lipinski definition) is 2. The van der Waals surface area contributed by atoms with Gasteiger partial charge in [-0.15, -0.1) is 0 Å². The zero-order valence-corrected chi connectivity index (χ0v) is 12.5. The van der Waals surface area contributed by atoms with Gasteiger partial charge in [0.2, 0.25) is 0 Å². The first-order valence-electron chi connectivity index (χ1n) is 6.46. The van der Waals surface area contributed by atoms with Gasteiger partial charge in [-0.25, -0.2) is 0 Å². The molecular weight excluding hydrogens is 286 g/mol. The maximum absolute atomic E-state index is 12.1. The number of amides is 1. The van der Waals surface area contributed by atoms with Crippen LogP contribution in [-0.2, 0) is 11.3 Å². The summed E-state index contributed by atoms with van der Waals surface area (Å²) < 4.78 is 5.13.